The van der Waals surface area contributed by atoms with E-state index in [0.717, 1.165) is 94.4 Å². The summed E-state index contributed by atoms with van der Waals surface area (Å²) in [5.74, 6) is -1.38. The van der Waals surface area contributed by atoms with Crippen LogP contribution in [0, 0.1) is 11.3 Å². The van der Waals surface area contributed by atoms with Crippen LogP contribution in [0.3, 0.4) is 0 Å². The van der Waals surface area contributed by atoms with Gasteiger partial charge in [0.25, 0.3) is 24.1 Å². The SMILES string of the molecule is CN(C[C@H]1CC[C@H](n2cc(NC(=O)c3cnn4ccc(N5C[C@H]6CC5CO6)nc34)c(C(F)F)n2)CC1)C1CCC2(CC1)CC(Nc1cccc3c1C(=O)N(C1CCC(=O)NC1=O)C3=O)C2. The van der Waals surface area contributed by atoms with Crippen LogP contribution in [0.15, 0.2) is 42.9 Å². The molecule has 3 N–H and O–H groups in total. The number of anilines is 3. The summed E-state index contributed by atoms with van der Waals surface area (Å²) in [5.41, 5.74) is 1.53. The number of benzene rings is 1. The van der Waals surface area contributed by atoms with Gasteiger partial charge in [-0.15, -0.1) is 0 Å². The summed E-state index contributed by atoms with van der Waals surface area (Å²) in [6.07, 6.45) is 13.1. The van der Waals surface area contributed by atoms with Crippen molar-refractivity contribution in [2.75, 3.05) is 42.3 Å². The van der Waals surface area contributed by atoms with Crippen molar-refractivity contribution in [2.45, 2.75) is 126 Å². The Morgan fingerprint density at radius 2 is 1.80 bits per heavy atom. The number of nitrogens with zero attached hydrogens (tertiary/aromatic N) is 8. The van der Waals surface area contributed by atoms with Gasteiger partial charge < -0.3 is 25.2 Å². The van der Waals surface area contributed by atoms with Crippen LogP contribution in [0.4, 0.5) is 26.0 Å². The Morgan fingerprint density at radius 1 is 1.00 bits per heavy atom. The minimum atomic E-state index is -2.86. The van der Waals surface area contributed by atoms with Crippen molar-refractivity contribution < 1.29 is 37.5 Å². The number of imide groups is 2. The fraction of sp³-hybridized carbons (Fsp3) is 0.565. The molecule has 1 aromatic carbocycles. The summed E-state index contributed by atoms with van der Waals surface area (Å²) < 4.78 is 37.6. The topological polar surface area (TPSA) is 188 Å². The van der Waals surface area contributed by atoms with Crippen molar-refractivity contribution in [3.8, 4) is 0 Å². The number of fused-ring (bicyclic) bond motifs is 4. The number of hydrogen-bond acceptors (Lipinski definition) is 12. The number of carbonyl (C=O) groups is 5. The van der Waals surface area contributed by atoms with Gasteiger partial charge in [-0.2, -0.15) is 10.2 Å². The monoisotopic (exact) mass is 893 g/mol. The number of nitrogens with one attached hydrogen (secondary N) is 3. The predicted octanol–water partition coefficient (Wildman–Crippen LogP) is 5.36. The number of aromatic nitrogens is 5. The van der Waals surface area contributed by atoms with Crippen molar-refractivity contribution in [2.24, 2.45) is 11.3 Å². The molecule has 6 fully saturated rings. The first-order chi connectivity index (χ1) is 31.4. The zero-order chi connectivity index (χ0) is 44.7. The second-order valence-corrected chi connectivity index (χ2v) is 19.5. The Kier molecular flexibility index (Phi) is 10.5. The molecule has 4 aromatic rings. The molecular formula is C46H53F2N11O6. The van der Waals surface area contributed by atoms with Crippen LogP contribution < -0.4 is 20.9 Å². The summed E-state index contributed by atoms with van der Waals surface area (Å²) in [7, 11) is 2.22. The lowest BCUT2D eigenvalue weighted by Gasteiger charge is -2.53. The third-order valence-corrected chi connectivity index (χ3v) is 15.6. The van der Waals surface area contributed by atoms with Crippen LogP contribution in [0.25, 0.3) is 5.65 Å². The van der Waals surface area contributed by atoms with Crippen LogP contribution in [0.5, 0.6) is 0 Å². The zero-order valence-corrected chi connectivity index (χ0v) is 36.3. The van der Waals surface area contributed by atoms with E-state index in [1.165, 1.54) is 10.7 Å². The highest BCUT2D eigenvalue weighted by atomic mass is 19.3. The molecule has 19 heteroatoms. The molecule has 3 atom stereocenters. The third kappa shape index (κ3) is 7.53. The van der Waals surface area contributed by atoms with Crippen molar-refractivity contribution in [3.05, 3.63) is 65.2 Å². The summed E-state index contributed by atoms with van der Waals surface area (Å²) in [6.45, 7) is 2.35. The molecule has 2 unspecified atom stereocenters. The van der Waals surface area contributed by atoms with Crippen LogP contribution in [0.1, 0.15) is 133 Å². The normalized spacial score (nSPS) is 29.9. The first kappa shape index (κ1) is 41.9. The molecule has 2 bridgehead atoms. The van der Waals surface area contributed by atoms with Crippen molar-refractivity contribution in [1.82, 2.24) is 39.5 Å². The summed E-state index contributed by atoms with van der Waals surface area (Å²) >= 11 is 0. The number of carbonyl (C=O) groups excluding carboxylic acids is 5. The molecule has 65 heavy (non-hydrogen) atoms. The zero-order valence-electron chi connectivity index (χ0n) is 36.3. The highest BCUT2D eigenvalue weighted by Crippen LogP contribution is 2.53. The van der Waals surface area contributed by atoms with Gasteiger partial charge >= 0.3 is 0 Å². The van der Waals surface area contributed by atoms with Gasteiger partial charge in [0.15, 0.2) is 11.3 Å². The molecule has 0 radical (unpaired) electrons. The second kappa shape index (κ2) is 16.3. The number of morpholine rings is 1. The Balaban J connectivity index is 0.654. The van der Waals surface area contributed by atoms with Crippen LogP contribution >= 0.6 is 0 Å². The number of rotatable bonds is 11. The minimum absolute atomic E-state index is 0.00599. The number of ether oxygens (including phenoxy) is 1. The standard InChI is InChI=1S/C46H53F2N11O6/c1-55(27-11-14-46(15-12-27)18-26(19-46)50-33-4-2-3-31-38(33)45(64)59(44(31)63)35-9-10-37(60)53-43(35)62)21-25-5-7-28(8-6-25)58-23-34(39(54-58)40(47)48)51-42(61)32-20-49-57-16-13-36(52-41(32)57)56-22-30-17-29(56)24-65-30/h2-4,13,16,20,23,25-30,35,40,50H,5-12,14-15,17-19,21-22,24H2,1H3,(H,51,61)(H,53,60,62)/t25-,26?,27?,28-,29?,30-,35?,46?/m1/s1. The van der Waals surface area contributed by atoms with Gasteiger partial charge in [0, 0.05) is 49.7 Å². The van der Waals surface area contributed by atoms with Crippen LogP contribution in [0.2, 0.25) is 0 Å². The van der Waals surface area contributed by atoms with Crippen molar-refractivity contribution >= 4 is 52.4 Å². The van der Waals surface area contributed by atoms with E-state index in [0.29, 0.717) is 35.5 Å². The lowest BCUT2D eigenvalue weighted by molar-refractivity contribution is -0.136. The molecular weight excluding hydrogens is 841 g/mol. The number of piperidine rings is 1. The average molecular weight is 894 g/mol. The van der Waals surface area contributed by atoms with E-state index < -0.39 is 47.7 Å². The molecule has 342 valence electrons. The van der Waals surface area contributed by atoms with Crippen molar-refractivity contribution in [1.29, 1.82) is 0 Å². The molecule has 3 aromatic heterocycles. The maximum atomic E-state index is 14.3. The first-order valence-electron chi connectivity index (χ1n) is 23.1. The maximum absolute atomic E-state index is 14.3. The van der Waals surface area contributed by atoms with E-state index in [1.807, 2.05) is 12.1 Å². The Bertz CT molecular complexity index is 2570. The van der Waals surface area contributed by atoms with E-state index in [9.17, 15) is 32.8 Å². The molecule has 7 aliphatic rings. The molecule has 5 amide bonds. The molecule has 17 nitrogen and oxygen atoms in total. The Labute approximate surface area is 373 Å². The van der Waals surface area contributed by atoms with Gasteiger partial charge in [-0.3, -0.25) is 38.9 Å². The van der Waals surface area contributed by atoms with E-state index in [2.05, 4.69) is 43.0 Å². The van der Waals surface area contributed by atoms with E-state index in [-0.39, 0.29) is 59.3 Å². The lowest BCUT2D eigenvalue weighted by Crippen LogP contribution is -2.54. The van der Waals surface area contributed by atoms with Crippen LogP contribution in [-0.4, -0.2) is 121 Å². The van der Waals surface area contributed by atoms with E-state index in [4.69, 9.17) is 9.72 Å². The molecule has 3 saturated carbocycles. The van der Waals surface area contributed by atoms with Gasteiger partial charge in [-0.1, -0.05) is 6.07 Å². The molecule has 11 rings (SSSR count). The number of halogens is 2. The van der Waals surface area contributed by atoms with Gasteiger partial charge in [0.2, 0.25) is 11.8 Å². The second-order valence-electron chi connectivity index (χ2n) is 19.5. The van der Waals surface area contributed by atoms with Gasteiger partial charge in [0.05, 0.1) is 47.8 Å². The summed E-state index contributed by atoms with van der Waals surface area (Å²) in [5, 5.41) is 17.1. The first-order valence-corrected chi connectivity index (χ1v) is 23.1. The fourth-order valence-electron chi connectivity index (χ4n) is 12.1. The number of hydrogen-bond donors (Lipinski definition) is 3. The molecule has 7 heterocycles. The fourth-order valence-corrected chi connectivity index (χ4v) is 12.1. The van der Waals surface area contributed by atoms with E-state index in [1.54, 1.807) is 29.2 Å². The molecule has 3 aliphatic carbocycles. The van der Waals surface area contributed by atoms with Gasteiger partial charge in [0.1, 0.15) is 17.4 Å². The Hall–Kier alpha value is -5.82. The number of amides is 5. The Morgan fingerprint density at radius 3 is 2.52 bits per heavy atom. The van der Waals surface area contributed by atoms with Gasteiger partial charge in [-0.25, -0.2) is 18.3 Å². The highest BCUT2D eigenvalue weighted by Gasteiger charge is 2.49. The van der Waals surface area contributed by atoms with Crippen molar-refractivity contribution in [3.63, 3.8) is 0 Å². The summed E-state index contributed by atoms with van der Waals surface area (Å²) in [4.78, 5) is 75.2. The van der Waals surface area contributed by atoms with Crippen LogP contribution in [-0.2, 0) is 14.3 Å². The molecule has 4 aliphatic heterocycles. The minimum Gasteiger partial charge on any atom is -0.382 e. The number of alkyl halides is 2. The lowest BCUT2D eigenvalue weighted by atomic mass is 9.57. The largest absolute Gasteiger partial charge is 0.382 e. The van der Waals surface area contributed by atoms with E-state index >= 15 is 0 Å². The van der Waals surface area contributed by atoms with Gasteiger partial charge in [-0.05, 0) is 114 Å². The average Bonchev–Trinajstić information content (AvgIpc) is 4.14. The smallest absolute Gasteiger partial charge is 0.284 e. The third-order valence-electron chi connectivity index (χ3n) is 15.6. The molecule has 1 spiro atoms. The maximum Gasteiger partial charge on any atom is 0.284 e. The quantitative estimate of drug-likeness (QED) is 0.164. The molecule has 3 saturated heterocycles. The summed E-state index contributed by atoms with van der Waals surface area (Å²) in [6, 6.07) is 6.91. The predicted molar refractivity (Wildman–Crippen MR) is 232 cm³/mol. The highest BCUT2D eigenvalue weighted by molar-refractivity contribution is 6.25.